The average Bonchev–Trinajstić information content (AvgIpc) is 3.80. The summed E-state index contributed by atoms with van der Waals surface area (Å²) in [5.74, 6) is -0.560. The second kappa shape index (κ2) is 14.2. The zero-order valence-corrected chi connectivity index (χ0v) is 30.3. The maximum absolute atomic E-state index is 16.2. The Hall–Kier alpha value is -4.39. The number of methoxy groups -OCH3 is 1. The van der Waals surface area contributed by atoms with Crippen LogP contribution in [-0.2, 0) is 16.1 Å². The van der Waals surface area contributed by atoms with Gasteiger partial charge in [0.15, 0.2) is 5.82 Å². The summed E-state index contributed by atoms with van der Waals surface area (Å²) < 4.78 is 25.9. The smallest absolute Gasteiger partial charge is 0.254 e. The van der Waals surface area contributed by atoms with Crippen LogP contribution in [0.2, 0.25) is 5.15 Å². The second-order valence-corrected chi connectivity index (χ2v) is 14.9. The third-order valence-corrected chi connectivity index (χ3v) is 11.1. The molecule has 8 rings (SSSR count). The molecule has 2 bridgehead atoms. The van der Waals surface area contributed by atoms with Crippen LogP contribution in [0.25, 0.3) is 33.6 Å². The molecule has 4 atom stereocenters. The van der Waals surface area contributed by atoms with Gasteiger partial charge in [0.25, 0.3) is 5.91 Å². The summed E-state index contributed by atoms with van der Waals surface area (Å²) in [4.78, 5) is 43.6. The summed E-state index contributed by atoms with van der Waals surface area (Å²) in [5, 5.41) is 4.50. The minimum absolute atomic E-state index is 0.0994. The van der Waals surface area contributed by atoms with E-state index in [1.165, 1.54) is 6.07 Å². The monoisotopic (exact) mass is 726 g/mol. The van der Waals surface area contributed by atoms with Crippen molar-refractivity contribution in [2.75, 3.05) is 20.2 Å². The number of hydrogen-bond donors (Lipinski definition) is 2. The highest BCUT2D eigenvalue weighted by molar-refractivity contribution is 6.29. The minimum atomic E-state index is -0.462. The first-order chi connectivity index (χ1) is 25.2. The Balaban J connectivity index is 1.16. The number of halogens is 2. The molecule has 3 N–H and O–H groups in total. The molecule has 1 saturated carbocycles. The van der Waals surface area contributed by atoms with Crippen molar-refractivity contribution in [1.82, 2.24) is 34.3 Å². The highest BCUT2D eigenvalue weighted by Gasteiger charge is 2.34. The van der Waals surface area contributed by atoms with Gasteiger partial charge in [0.2, 0.25) is 5.91 Å². The van der Waals surface area contributed by atoms with Crippen molar-refractivity contribution in [2.45, 2.75) is 95.0 Å². The van der Waals surface area contributed by atoms with Crippen LogP contribution in [0.4, 0.5) is 4.39 Å². The van der Waals surface area contributed by atoms with Gasteiger partial charge in [0.05, 0.1) is 40.7 Å². The molecule has 11 nitrogen and oxygen atoms in total. The summed E-state index contributed by atoms with van der Waals surface area (Å²) in [6.07, 6.45) is 6.70. The third-order valence-electron chi connectivity index (χ3n) is 10.9. The highest BCUT2D eigenvalue weighted by Crippen LogP contribution is 2.43. The molecular formula is C39H44ClFN8O3. The van der Waals surface area contributed by atoms with E-state index in [1.54, 1.807) is 24.1 Å². The number of carbonyl (C=O) groups excluding carboxylic acids is 2. The summed E-state index contributed by atoms with van der Waals surface area (Å²) >= 11 is 6.21. The number of amides is 2. The van der Waals surface area contributed by atoms with Crippen molar-refractivity contribution in [3.63, 3.8) is 0 Å². The molecular weight excluding hydrogens is 683 g/mol. The number of hydrogen-bond acceptors (Lipinski definition) is 7. The van der Waals surface area contributed by atoms with Crippen molar-refractivity contribution in [3.05, 3.63) is 76.5 Å². The summed E-state index contributed by atoms with van der Waals surface area (Å²) in [7, 11) is 1.63. The van der Waals surface area contributed by atoms with E-state index in [2.05, 4.69) is 20.9 Å². The van der Waals surface area contributed by atoms with Crippen molar-refractivity contribution < 1.29 is 18.7 Å². The Morgan fingerprint density at radius 1 is 0.981 bits per heavy atom. The Morgan fingerprint density at radius 3 is 2.58 bits per heavy atom. The minimum Gasteiger partial charge on any atom is -0.380 e. The van der Waals surface area contributed by atoms with Gasteiger partial charge >= 0.3 is 0 Å². The number of imidazole rings is 1. The number of pyridine rings is 2. The number of rotatable bonds is 5. The Bertz CT molecular complexity index is 2160. The molecule has 0 unspecified atom stereocenters. The van der Waals surface area contributed by atoms with Crippen LogP contribution in [0.3, 0.4) is 0 Å². The van der Waals surface area contributed by atoms with E-state index in [1.807, 2.05) is 35.8 Å². The zero-order chi connectivity index (χ0) is 36.1. The zero-order valence-electron chi connectivity index (χ0n) is 29.5. The number of nitrogens with two attached hydrogens (primary N) is 1. The largest absolute Gasteiger partial charge is 0.380 e. The van der Waals surface area contributed by atoms with Gasteiger partial charge in [-0.05, 0) is 81.5 Å². The maximum atomic E-state index is 16.2. The van der Waals surface area contributed by atoms with Crippen molar-refractivity contribution in [1.29, 1.82) is 0 Å². The number of likely N-dealkylation sites (tertiary alicyclic amines) is 1. The molecule has 52 heavy (non-hydrogen) atoms. The molecule has 2 aliphatic heterocycles. The number of fused-ring (bicyclic) bond motifs is 2. The normalized spacial score (nSPS) is 23.2. The summed E-state index contributed by atoms with van der Waals surface area (Å²) in [5.41, 5.74) is 10.5. The van der Waals surface area contributed by atoms with E-state index in [4.69, 9.17) is 32.0 Å². The number of nitrogens with one attached hydrogen (secondary N) is 1. The van der Waals surface area contributed by atoms with E-state index in [-0.39, 0.29) is 41.6 Å². The number of nitrogens with zero attached hydrogens (tertiary/aromatic N) is 6. The van der Waals surface area contributed by atoms with E-state index in [0.717, 1.165) is 60.9 Å². The maximum Gasteiger partial charge on any atom is 0.254 e. The SMILES string of the molecule is CO[C@@H]1CCN(C(=O)c2cc(F)c3c(c2)nc(-c2cc4ccc5nc4n2CCCCCC[C@H](c2cccc(Cl)n2)C(=O)N[C@@H]5C)n3C2CC2)C[C@@H]1N. The first kappa shape index (κ1) is 34.7. The molecule has 4 aromatic heterocycles. The predicted molar refractivity (Wildman–Crippen MR) is 198 cm³/mol. The number of ether oxygens (including phenoxy) is 1. The fourth-order valence-electron chi connectivity index (χ4n) is 7.98. The number of piperidine rings is 1. The van der Waals surface area contributed by atoms with Gasteiger partial charge in [0.1, 0.15) is 22.1 Å². The van der Waals surface area contributed by atoms with Crippen molar-refractivity contribution >= 4 is 45.5 Å². The van der Waals surface area contributed by atoms with E-state index in [0.29, 0.717) is 60.2 Å². The number of aromatic nitrogens is 5. The van der Waals surface area contributed by atoms with Crippen LogP contribution in [0.1, 0.15) is 98.0 Å². The quantitative estimate of drug-likeness (QED) is 0.193. The standard InChI is InChI=1S/C39H44ClFN8O3/c1-22-29-14-11-23-20-32(48(36(23)45-29)16-6-4-3-5-8-26(38(50)43-22)30-9-7-10-34(40)44-30)37-46-31-19-24(18-27(41)35(31)49(37)25-12-13-25)39(51)47-17-15-33(52-2)28(42)21-47/h7,9-11,14,18-20,22,25-26,28,33H,3-6,8,12-13,15-17,21,42H2,1-2H3,(H,43,50)/t22-,26-,28+,33-/m1/s1. The molecule has 13 heteroatoms. The molecule has 2 amide bonds. The average molecular weight is 727 g/mol. The molecule has 1 saturated heterocycles. The molecule has 6 heterocycles. The van der Waals surface area contributed by atoms with Crippen LogP contribution in [0.5, 0.6) is 0 Å². The van der Waals surface area contributed by atoms with Crippen molar-refractivity contribution in [3.8, 4) is 11.5 Å². The molecule has 1 aliphatic carbocycles. The van der Waals surface area contributed by atoms with Gasteiger partial charge in [-0.2, -0.15) is 0 Å². The number of carbonyl (C=O) groups is 2. The third kappa shape index (κ3) is 6.56. The first-order valence-corrected chi connectivity index (χ1v) is 18.8. The van der Waals surface area contributed by atoms with E-state index in [9.17, 15) is 9.59 Å². The van der Waals surface area contributed by atoms with Gasteiger partial charge < -0.3 is 29.8 Å². The van der Waals surface area contributed by atoms with Crippen LogP contribution < -0.4 is 11.1 Å². The van der Waals surface area contributed by atoms with Crippen LogP contribution in [-0.4, -0.2) is 73.1 Å². The lowest BCUT2D eigenvalue weighted by Crippen LogP contribution is -2.53. The summed E-state index contributed by atoms with van der Waals surface area (Å²) in [6.45, 7) is 3.47. The Morgan fingerprint density at radius 2 is 1.81 bits per heavy atom. The Kier molecular flexibility index (Phi) is 9.48. The van der Waals surface area contributed by atoms with E-state index >= 15 is 4.39 Å². The van der Waals surface area contributed by atoms with Gasteiger partial charge in [-0.3, -0.25) is 9.59 Å². The predicted octanol–water partition coefficient (Wildman–Crippen LogP) is 6.69. The fraction of sp³-hybridized carbons (Fsp3) is 0.462. The number of aryl methyl sites for hydroxylation is 1. The van der Waals surface area contributed by atoms with Gasteiger partial charge in [0, 0.05) is 49.8 Å². The van der Waals surface area contributed by atoms with Crippen LogP contribution >= 0.6 is 11.6 Å². The molecule has 272 valence electrons. The molecule has 0 spiro atoms. The van der Waals surface area contributed by atoms with Gasteiger partial charge in [-0.15, -0.1) is 0 Å². The van der Waals surface area contributed by atoms with Crippen LogP contribution in [0, 0.1) is 5.82 Å². The molecule has 3 aliphatic rings. The lowest BCUT2D eigenvalue weighted by atomic mass is 9.95. The van der Waals surface area contributed by atoms with Crippen LogP contribution in [0.15, 0.2) is 48.5 Å². The van der Waals surface area contributed by atoms with Gasteiger partial charge in [-0.25, -0.2) is 19.3 Å². The second-order valence-electron chi connectivity index (χ2n) is 14.5. The Labute approximate surface area is 306 Å². The lowest BCUT2D eigenvalue weighted by molar-refractivity contribution is -0.123. The topological polar surface area (TPSA) is 133 Å². The molecule has 0 radical (unpaired) electrons. The first-order valence-electron chi connectivity index (χ1n) is 18.4. The fourth-order valence-corrected chi connectivity index (χ4v) is 8.15. The lowest BCUT2D eigenvalue weighted by Gasteiger charge is -2.35. The molecule has 2 fully saturated rings. The molecule has 1 aromatic carbocycles. The summed E-state index contributed by atoms with van der Waals surface area (Å²) in [6, 6.07) is 14.0. The number of benzene rings is 1. The van der Waals surface area contributed by atoms with Gasteiger partial charge in [-0.1, -0.05) is 36.9 Å². The van der Waals surface area contributed by atoms with Crippen molar-refractivity contribution in [2.24, 2.45) is 5.73 Å². The highest BCUT2D eigenvalue weighted by atomic mass is 35.5. The molecule has 5 aromatic rings. The van der Waals surface area contributed by atoms with E-state index < -0.39 is 11.7 Å².